The Bertz CT molecular complexity index is 421. The molecule has 0 aliphatic carbocycles. The molecule has 0 bridgehead atoms. The van der Waals surface area contributed by atoms with Crippen LogP contribution in [0.15, 0.2) is 25.6 Å². The Kier molecular flexibility index (Phi) is 6.21. The number of hydrogen-bond acceptors (Lipinski definition) is 2. The maximum absolute atomic E-state index is 6.06. The largest absolute Gasteiger partial charge is 0.491 e. The Morgan fingerprint density at radius 3 is 2.21 bits per heavy atom. The first kappa shape index (κ1) is 16.3. The van der Waals surface area contributed by atoms with E-state index in [0.29, 0.717) is 6.61 Å². The van der Waals surface area contributed by atoms with Gasteiger partial charge in [-0.05, 0) is 56.8 Å². The lowest BCUT2D eigenvalue weighted by Crippen LogP contribution is -2.36. The van der Waals surface area contributed by atoms with E-state index in [2.05, 4.69) is 63.7 Å². The Hall–Kier alpha value is 0.900. The van der Waals surface area contributed by atoms with Crippen LogP contribution in [0.2, 0.25) is 0 Å². The molecule has 1 fully saturated rings. The van der Waals surface area contributed by atoms with E-state index in [1.807, 2.05) is 12.1 Å². The first-order valence-electron chi connectivity index (χ1n) is 5.97. The van der Waals surface area contributed by atoms with Crippen LogP contribution >= 0.6 is 63.7 Å². The number of rotatable bonds is 4. The van der Waals surface area contributed by atoms with Crippen molar-refractivity contribution in [1.82, 2.24) is 0 Å². The molecule has 1 heterocycles. The fourth-order valence-electron chi connectivity index (χ4n) is 2.01. The molecule has 6 heteroatoms. The van der Waals surface area contributed by atoms with E-state index in [9.17, 15) is 0 Å². The van der Waals surface area contributed by atoms with Gasteiger partial charge in [0.2, 0.25) is 0 Å². The zero-order chi connectivity index (χ0) is 13.9. The Morgan fingerprint density at radius 2 is 1.68 bits per heavy atom. The average Bonchev–Trinajstić information content (AvgIpc) is 2.38. The van der Waals surface area contributed by atoms with Gasteiger partial charge in [-0.15, -0.1) is 0 Å². The van der Waals surface area contributed by atoms with Crippen LogP contribution in [0.25, 0.3) is 0 Å². The van der Waals surface area contributed by atoms with Crippen LogP contribution in [0.4, 0.5) is 0 Å². The second kappa shape index (κ2) is 7.25. The molecule has 1 aromatic carbocycles. The zero-order valence-corrected chi connectivity index (χ0v) is 16.6. The van der Waals surface area contributed by atoms with Gasteiger partial charge in [-0.1, -0.05) is 31.9 Å². The molecule has 1 aromatic rings. The van der Waals surface area contributed by atoms with Crippen LogP contribution < -0.4 is 4.74 Å². The fraction of sp³-hybridized carbons (Fsp3) is 0.538. The van der Waals surface area contributed by atoms with Crippen LogP contribution in [-0.4, -0.2) is 25.2 Å². The minimum absolute atomic E-state index is 0.171. The smallest absolute Gasteiger partial charge is 0.147 e. The predicted molar refractivity (Wildman–Crippen MR) is 91.3 cm³/mol. The van der Waals surface area contributed by atoms with E-state index in [1.165, 1.54) is 0 Å². The molecular formula is C13H14Br4O2. The van der Waals surface area contributed by atoms with Crippen molar-refractivity contribution >= 4 is 63.7 Å². The monoisotopic (exact) mass is 518 g/mol. The Morgan fingerprint density at radius 1 is 1.11 bits per heavy atom. The highest BCUT2D eigenvalue weighted by Gasteiger charge is 2.33. The highest BCUT2D eigenvalue weighted by atomic mass is 79.9. The van der Waals surface area contributed by atoms with Crippen LogP contribution in [0.1, 0.15) is 12.8 Å². The molecule has 0 atom stereocenters. The van der Waals surface area contributed by atoms with E-state index in [0.717, 1.165) is 50.6 Å². The second-order valence-electron chi connectivity index (χ2n) is 4.73. The van der Waals surface area contributed by atoms with Crippen molar-refractivity contribution in [3.8, 4) is 5.75 Å². The lowest BCUT2D eigenvalue weighted by molar-refractivity contribution is 0.00327. The Balaban J connectivity index is 2.09. The molecule has 0 radical (unpaired) electrons. The minimum atomic E-state index is 0.171. The molecule has 0 N–H and O–H groups in total. The van der Waals surface area contributed by atoms with Gasteiger partial charge < -0.3 is 9.47 Å². The summed E-state index contributed by atoms with van der Waals surface area (Å²) in [7, 11) is 0. The molecule has 2 rings (SSSR count). The van der Waals surface area contributed by atoms with Crippen LogP contribution in [0.5, 0.6) is 5.75 Å². The van der Waals surface area contributed by atoms with Gasteiger partial charge in [0.05, 0.1) is 15.6 Å². The van der Waals surface area contributed by atoms with Crippen molar-refractivity contribution in [2.24, 2.45) is 5.41 Å². The van der Waals surface area contributed by atoms with Crippen molar-refractivity contribution < 1.29 is 9.47 Å². The van der Waals surface area contributed by atoms with Crippen LogP contribution in [0.3, 0.4) is 0 Å². The topological polar surface area (TPSA) is 18.5 Å². The summed E-state index contributed by atoms with van der Waals surface area (Å²) in [6, 6.07) is 3.98. The summed E-state index contributed by atoms with van der Waals surface area (Å²) in [4.78, 5) is 0. The van der Waals surface area contributed by atoms with Crippen LogP contribution in [0, 0.1) is 5.41 Å². The van der Waals surface area contributed by atoms with E-state index in [4.69, 9.17) is 9.47 Å². The molecule has 1 aliphatic rings. The summed E-state index contributed by atoms with van der Waals surface area (Å²) in [6.45, 7) is 2.33. The van der Waals surface area contributed by atoms with E-state index < -0.39 is 0 Å². The molecule has 0 amide bonds. The van der Waals surface area contributed by atoms with Crippen molar-refractivity contribution in [3.05, 3.63) is 25.6 Å². The third-order valence-corrected chi connectivity index (χ3v) is 6.15. The average molecular weight is 522 g/mol. The maximum Gasteiger partial charge on any atom is 0.147 e. The first-order valence-corrected chi connectivity index (χ1v) is 9.47. The van der Waals surface area contributed by atoms with E-state index in [1.54, 1.807) is 0 Å². The van der Waals surface area contributed by atoms with Gasteiger partial charge in [-0.25, -0.2) is 0 Å². The number of benzene rings is 1. The molecule has 0 aromatic heterocycles. The molecule has 1 saturated heterocycles. The predicted octanol–water partition coefficient (Wildman–Crippen LogP) is 5.54. The Labute approximate surface area is 147 Å². The molecule has 106 valence electrons. The fourth-order valence-corrected chi connectivity index (χ4v) is 5.22. The summed E-state index contributed by atoms with van der Waals surface area (Å²) in [5.41, 5.74) is 0.171. The zero-order valence-electron chi connectivity index (χ0n) is 10.2. The minimum Gasteiger partial charge on any atom is -0.491 e. The molecule has 19 heavy (non-hydrogen) atoms. The van der Waals surface area contributed by atoms with Gasteiger partial charge >= 0.3 is 0 Å². The molecule has 2 nitrogen and oxygen atoms in total. The van der Waals surface area contributed by atoms with Gasteiger partial charge in [-0.3, -0.25) is 0 Å². The summed E-state index contributed by atoms with van der Waals surface area (Å²) in [6.07, 6.45) is 2.06. The number of ether oxygens (including phenoxy) is 2. The standard InChI is InChI=1S/C13H14Br4O2/c14-7-13(1-3-18-4-2-13)8-19-12-10(16)5-9(15)6-11(12)17/h5-6H,1-4,7-8H2. The molecule has 0 unspecified atom stereocenters. The summed E-state index contributed by atoms with van der Waals surface area (Å²) >= 11 is 14.2. The number of halogens is 4. The van der Waals surface area contributed by atoms with Crippen molar-refractivity contribution in [2.45, 2.75) is 12.8 Å². The highest BCUT2D eigenvalue weighted by molar-refractivity contribution is 9.11. The number of hydrogen-bond donors (Lipinski definition) is 0. The van der Waals surface area contributed by atoms with Crippen molar-refractivity contribution in [1.29, 1.82) is 0 Å². The second-order valence-corrected chi connectivity index (χ2v) is 7.92. The molecule has 0 saturated carbocycles. The maximum atomic E-state index is 6.06. The van der Waals surface area contributed by atoms with Crippen LogP contribution in [-0.2, 0) is 4.74 Å². The summed E-state index contributed by atoms with van der Waals surface area (Å²) in [5, 5.41) is 0.940. The summed E-state index contributed by atoms with van der Waals surface area (Å²) in [5.74, 6) is 0.856. The quantitative estimate of drug-likeness (QED) is 0.484. The third-order valence-electron chi connectivity index (χ3n) is 3.32. The SMILES string of the molecule is BrCC1(COc2c(Br)cc(Br)cc2Br)CCOCC1. The van der Waals surface area contributed by atoms with Gasteiger partial charge in [-0.2, -0.15) is 0 Å². The van der Waals surface area contributed by atoms with Gasteiger partial charge in [0.1, 0.15) is 5.75 Å². The highest BCUT2D eigenvalue weighted by Crippen LogP contribution is 2.39. The lowest BCUT2D eigenvalue weighted by Gasteiger charge is -2.35. The molecule has 0 spiro atoms. The van der Waals surface area contributed by atoms with Crippen molar-refractivity contribution in [2.75, 3.05) is 25.2 Å². The third kappa shape index (κ3) is 4.19. The van der Waals surface area contributed by atoms with E-state index in [-0.39, 0.29) is 5.41 Å². The molecular weight excluding hydrogens is 508 g/mol. The first-order chi connectivity index (χ1) is 9.06. The van der Waals surface area contributed by atoms with E-state index >= 15 is 0 Å². The number of alkyl halides is 1. The van der Waals surface area contributed by atoms with Gasteiger partial charge in [0.15, 0.2) is 0 Å². The van der Waals surface area contributed by atoms with Gasteiger partial charge in [0, 0.05) is 28.4 Å². The van der Waals surface area contributed by atoms with Gasteiger partial charge in [0.25, 0.3) is 0 Å². The lowest BCUT2D eigenvalue weighted by atomic mass is 9.83. The van der Waals surface area contributed by atoms with Crippen molar-refractivity contribution in [3.63, 3.8) is 0 Å². The summed E-state index contributed by atoms with van der Waals surface area (Å²) < 4.78 is 14.4. The molecule has 1 aliphatic heterocycles. The normalized spacial score (nSPS) is 18.3.